The first kappa shape index (κ1) is 11.9. The molecule has 0 heterocycles. The quantitative estimate of drug-likeness (QED) is 0.664. The summed E-state index contributed by atoms with van der Waals surface area (Å²) in [6, 6.07) is 0.0668. The lowest BCUT2D eigenvalue weighted by atomic mass is 10.2. The van der Waals surface area contributed by atoms with E-state index in [1.165, 1.54) is 6.92 Å². The molecule has 0 fully saturated rings. The van der Waals surface area contributed by atoms with Gasteiger partial charge in [0.2, 0.25) is 0 Å². The van der Waals surface area contributed by atoms with E-state index >= 15 is 0 Å². The smallest absolute Gasteiger partial charge is 0.303 e. The Morgan fingerprint density at radius 1 is 1.38 bits per heavy atom. The van der Waals surface area contributed by atoms with Crippen molar-refractivity contribution >= 4 is 11.9 Å². The molecule has 0 aromatic heterocycles. The molecule has 1 unspecified atom stereocenters. The fourth-order valence-electron chi connectivity index (χ4n) is 0.900. The standard InChI is InChI=1S/C9H17NO3/c1-5-8(13-7(4)11)9(12)10-6(2)3/h6,8H,5H2,1-4H3,(H,10,12). The average molecular weight is 187 g/mol. The van der Waals surface area contributed by atoms with Crippen molar-refractivity contribution in [2.75, 3.05) is 0 Å². The van der Waals surface area contributed by atoms with Gasteiger partial charge >= 0.3 is 5.97 Å². The van der Waals surface area contributed by atoms with Crippen molar-refractivity contribution < 1.29 is 14.3 Å². The van der Waals surface area contributed by atoms with Crippen LogP contribution in [0.3, 0.4) is 0 Å². The molecule has 0 bridgehead atoms. The molecule has 0 aromatic carbocycles. The summed E-state index contributed by atoms with van der Waals surface area (Å²) < 4.78 is 4.81. The monoisotopic (exact) mass is 187 g/mol. The Morgan fingerprint density at radius 3 is 2.23 bits per heavy atom. The van der Waals surface area contributed by atoms with E-state index in [1.54, 1.807) is 6.92 Å². The summed E-state index contributed by atoms with van der Waals surface area (Å²) in [5, 5.41) is 2.68. The van der Waals surface area contributed by atoms with Crippen LogP contribution in [0.15, 0.2) is 0 Å². The second-order valence-electron chi connectivity index (χ2n) is 3.17. The van der Waals surface area contributed by atoms with Crippen molar-refractivity contribution in [3.05, 3.63) is 0 Å². The van der Waals surface area contributed by atoms with Gasteiger partial charge in [0.25, 0.3) is 5.91 Å². The molecule has 4 heteroatoms. The maximum Gasteiger partial charge on any atom is 0.303 e. The number of carbonyl (C=O) groups is 2. The largest absolute Gasteiger partial charge is 0.452 e. The molecule has 0 aromatic rings. The molecular formula is C9H17NO3. The van der Waals surface area contributed by atoms with Crippen molar-refractivity contribution in [1.29, 1.82) is 0 Å². The molecule has 0 aliphatic heterocycles. The summed E-state index contributed by atoms with van der Waals surface area (Å²) in [6.45, 7) is 6.82. The van der Waals surface area contributed by atoms with E-state index in [1.807, 2.05) is 13.8 Å². The van der Waals surface area contributed by atoms with Gasteiger partial charge in [-0.15, -0.1) is 0 Å². The van der Waals surface area contributed by atoms with Crippen LogP contribution in [0.4, 0.5) is 0 Å². The van der Waals surface area contributed by atoms with Gasteiger partial charge in [-0.05, 0) is 20.3 Å². The van der Waals surface area contributed by atoms with Crippen LogP contribution in [0.2, 0.25) is 0 Å². The first-order chi connectivity index (χ1) is 5.97. The van der Waals surface area contributed by atoms with Crippen LogP contribution in [0, 0.1) is 0 Å². The third-order valence-electron chi connectivity index (χ3n) is 1.40. The molecule has 0 saturated heterocycles. The second kappa shape index (κ2) is 5.56. The lowest BCUT2D eigenvalue weighted by Crippen LogP contribution is -2.40. The van der Waals surface area contributed by atoms with E-state index in [2.05, 4.69) is 5.32 Å². The maximum atomic E-state index is 11.3. The molecule has 1 atom stereocenters. The Bertz CT molecular complexity index is 189. The van der Waals surface area contributed by atoms with Crippen molar-refractivity contribution in [3.63, 3.8) is 0 Å². The minimum Gasteiger partial charge on any atom is -0.452 e. The summed E-state index contributed by atoms with van der Waals surface area (Å²) in [4.78, 5) is 21.9. The third kappa shape index (κ3) is 5.22. The van der Waals surface area contributed by atoms with E-state index < -0.39 is 12.1 Å². The Morgan fingerprint density at radius 2 is 1.92 bits per heavy atom. The number of nitrogens with one attached hydrogen (secondary N) is 1. The molecule has 0 rings (SSSR count). The Balaban J connectivity index is 4.07. The molecule has 4 nitrogen and oxygen atoms in total. The topological polar surface area (TPSA) is 55.4 Å². The highest BCUT2D eigenvalue weighted by atomic mass is 16.5. The van der Waals surface area contributed by atoms with Crippen LogP contribution in [0.25, 0.3) is 0 Å². The molecule has 0 aliphatic carbocycles. The maximum absolute atomic E-state index is 11.3. The Kier molecular flexibility index (Phi) is 5.11. The van der Waals surface area contributed by atoms with E-state index in [-0.39, 0.29) is 11.9 Å². The number of rotatable bonds is 4. The number of esters is 1. The molecule has 0 spiro atoms. The van der Waals surface area contributed by atoms with Crippen LogP contribution in [0.5, 0.6) is 0 Å². The highest BCUT2D eigenvalue weighted by Gasteiger charge is 2.19. The lowest BCUT2D eigenvalue weighted by molar-refractivity contribution is -0.154. The number of hydrogen-bond acceptors (Lipinski definition) is 3. The summed E-state index contributed by atoms with van der Waals surface area (Å²) in [5.74, 6) is -0.654. The average Bonchev–Trinajstić information content (AvgIpc) is 1.98. The van der Waals surface area contributed by atoms with E-state index in [0.717, 1.165) is 0 Å². The fourth-order valence-corrected chi connectivity index (χ4v) is 0.900. The molecule has 1 N–H and O–H groups in total. The zero-order valence-electron chi connectivity index (χ0n) is 8.59. The minimum atomic E-state index is -0.653. The minimum absolute atomic E-state index is 0.0668. The fraction of sp³-hybridized carbons (Fsp3) is 0.778. The highest BCUT2D eigenvalue weighted by Crippen LogP contribution is 1.99. The van der Waals surface area contributed by atoms with Gasteiger partial charge in [0, 0.05) is 13.0 Å². The van der Waals surface area contributed by atoms with Crippen LogP contribution in [0.1, 0.15) is 34.1 Å². The summed E-state index contributed by atoms with van der Waals surface area (Å²) >= 11 is 0. The van der Waals surface area contributed by atoms with Gasteiger partial charge in [-0.1, -0.05) is 6.92 Å². The SMILES string of the molecule is CCC(OC(C)=O)C(=O)NC(C)C. The molecule has 0 saturated carbocycles. The molecule has 76 valence electrons. The predicted octanol–water partition coefficient (Wildman–Crippen LogP) is 0.853. The van der Waals surface area contributed by atoms with Gasteiger partial charge in [0.15, 0.2) is 6.10 Å². The van der Waals surface area contributed by atoms with E-state index in [9.17, 15) is 9.59 Å². The molecule has 0 radical (unpaired) electrons. The third-order valence-corrected chi connectivity index (χ3v) is 1.40. The zero-order valence-corrected chi connectivity index (χ0v) is 8.59. The van der Waals surface area contributed by atoms with Gasteiger partial charge in [0.1, 0.15) is 0 Å². The Hall–Kier alpha value is -1.06. The van der Waals surface area contributed by atoms with Crippen molar-refractivity contribution in [2.45, 2.75) is 46.3 Å². The van der Waals surface area contributed by atoms with Gasteiger partial charge in [-0.3, -0.25) is 9.59 Å². The number of hydrogen-bond donors (Lipinski definition) is 1. The van der Waals surface area contributed by atoms with Crippen molar-refractivity contribution in [1.82, 2.24) is 5.32 Å². The van der Waals surface area contributed by atoms with E-state index in [4.69, 9.17) is 4.74 Å². The first-order valence-corrected chi connectivity index (χ1v) is 4.45. The first-order valence-electron chi connectivity index (χ1n) is 4.45. The summed E-state index contributed by atoms with van der Waals surface area (Å²) in [5.41, 5.74) is 0. The Labute approximate surface area is 78.6 Å². The van der Waals surface area contributed by atoms with Crippen LogP contribution >= 0.6 is 0 Å². The zero-order chi connectivity index (χ0) is 10.4. The number of carbonyl (C=O) groups excluding carboxylic acids is 2. The van der Waals surface area contributed by atoms with Gasteiger partial charge in [-0.25, -0.2) is 0 Å². The van der Waals surface area contributed by atoms with Gasteiger partial charge < -0.3 is 10.1 Å². The number of ether oxygens (including phenoxy) is 1. The summed E-state index contributed by atoms with van der Waals surface area (Å²) in [7, 11) is 0. The second-order valence-corrected chi connectivity index (χ2v) is 3.17. The lowest BCUT2D eigenvalue weighted by Gasteiger charge is -2.16. The predicted molar refractivity (Wildman–Crippen MR) is 49.1 cm³/mol. The normalized spacial score (nSPS) is 12.4. The van der Waals surface area contributed by atoms with Gasteiger partial charge in [-0.2, -0.15) is 0 Å². The highest BCUT2D eigenvalue weighted by molar-refractivity contribution is 5.83. The van der Waals surface area contributed by atoms with Crippen LogP contribution in [-0.2, 0) is 14.3 Å². The molecular weight excluding hydrogens is 170 g/mol. The molecule has 13 heavy (non-hydrogen) atoms. The molecule has 1 amide bonds. The van der Waals surface area contributed by atoms with Crippen molar-refractivity contribution in [2.24, 2.45) is 0 Å². The van der Waals surface area contributed by atoms with E-state index in [0.29, 0.717) is 6.42 Å². The number of amides is 1. The molecule has 0 aliphatic rings. The van der Waals surface area contributed by atoms with Crippen molar-refractivity contribution in [3.8, 4) is 0 Å². The summed E-state index contributed by atoms with van der Waals surface area (Å²) in [6.07, 6.45) is -0.155. The van der Waals surface area contributed by atoms with Gasteiger partial charge in [0.05, 0.1) is 0 Å². The van der Waals surface area contributed by atoms with Crippen LogP contribution in [-0.4, -0.2) is 24.0 Å². The van der Waals surface area contributed by atoms with Crippen LogP contribution < -0.4 is 5.32 Å².